The average molecular weight is 265 g/mol. The van der Waals surface area contributed by atoms with Crippen LogP contribution in [0.3, 0.4) is 0 Å². The largest absolute Gasteiger partial charge is 0.457 e. The van der Waals surface area contributed by atoms with Gasteiger partial charge in [0.1, 0.15) is 17.3 Å². The lowest BCUT2D eigenvalue weighted by Crippen LogP contribution is -2.05. The molecule has 0 aliphatic rings. The van der Waals surface area contributed by atoms with Crippen molar-refractivity contribution < 1.29 is 4.74 Å². The fourth-order valence-corrected chi connectivity index (χ4v) is 1.98. The summed E-state index contributed by atoms with van der Waals surface area (Å²) in [6.07, 6.45) is 1.69. The van der Waals surface area contributed by atoms with E-state index in [1.807, 2.05) is 54.6 Å². The number of nitrogen functional groups attached to an aromatic ring is 1. The van der Waals surface area contributed by atoms with Crippen molar-refractivity contribution in [1.82, 2.24) is 9.78 Å². The zero-order valence-electron chi connectivity index (χ0n) is 10.9. The molecule has 0 fully saturated rings. The lowest BCUT2D eigenvalue weighted by atomic mass is 10.2. The first-order valence-corrected chi connectivity index (χ1v) is 6.40. The molecule has 4 heteroatoms. The van der Waals surface area contributed by atoms with E-state index in [0.29, 0.717) is 12.4 Å². The lowest BCUT2D eigenvalue weighted by molar-refractivity contribution is 0.481. The number of rotatable bonds is 4. The van der Waals surface area contributed by atoms with Crippen molar-refractivity contribution in [3.8, 4) is 11.5 Å². The molecule has 0 atom stereocenters. The number of hydrogen-bond donors (Lipinski definition) is 1. The van der Waals surface area contributed by atoms with Crippen LogP contribution in [0.25, 0.3) is 0 Å². The van der Waals surface area contributed by atoms with Gasteiger partial charge in [0.25, 0.3) is 0 Å². The summed E-state index contributed by atoms with van der Waals surface area (Å²) in [4.78, 5) is 0. The summed E-state index contributed by atoms with van der Waals surface area (Å²) >= 11 is 0. The van der Waals surface area contributed by atoms with Gasteiger partial charge in [-0.2, -0.15) is 5.10 Å². The number of para-hydroxylation sites is 1. The number of anilines is 1. The van der Waals surface area contributed by atoms with E-state index in [1.54, 1.807) is 16.9 Å². The predicted octanol–water partition coefficient (Wildman–Crippen LogP) is 3.31. The van der Waals surface area contributed by atoms with Crippen molar-refractivity contribution in [1.29, 1.82) is 0 Å². The van der Waals surface area contributed by atoms with Crippen LogP contribution in [-0.4, -0.2) is 9.78 Å². The predicted molar refractivity (Wildman–Crippen MR) is 78.7 cm³/mol. The highest BCUT2D eigenvalue weighted by Gasteiger charge is 2.02. The van der Waals surface area contributed by atoms with Crippen LogP contribution >= 0.6 is 0 Å². The fourth-order valence-electron chi connectivity index (χ4n) is 1.98. The van der Waals surface area contributed by atoms with Gasteiger partial charge in [0.2, 0.25) is 0 Å². The van der Waals surface area contributed by atoms with E-state index in [9.17, 15) is 0 Å². The molecule has 0 bridgehead atoms. The monoisotopic (exact) mass is 265 g/mol. The number of ether oxygens (including phenoxy) is 1. The van der Waals surface area contributed by atoms with E-state index < -0.39 is 0 Å². The van der Waals surface area contributed by atoms with Gasteiger partial charge in [-0.3, -0.25) is 0 Å². The van der Waals surface area contributed by atoms with Crippen LogP contribution in [0.5, 0.6) is 11.5 Å². The Labute approximate surface area is 117 Å². The summed E-state index contributed by atoms with van der Waals surface area (Å²) in [7, 11) is 0. The number of hydrogen-bond acceptors (Lipinski definition) is 3. The first kappa shape index (κ1) is 12.3. The second kappa shape index (κ2) is 5.48. The van der Waals surface area contributed by atoms with Crippen molar-refractivity contribution in [2.24, 2.45) is 0 Å². The fraction of sp³-hybridized carbons (Fsp3) is 0.0625. The lowest BCUT2D eigenvalue weighted by Gasteiger charge is -2.08. The maximum Gasteiger partial charge on any atom is 0.127 e. The second-order valence-electron chi connectivity index (χ2n) is 4.48. The normalized spacial score (nSPS) is 10.4. The van der Waals surface area contributed by atoms with E-state index in [1.165, 1.54) is 0 Å². The molecule has 3 aromatic rings. The molecular formula is C16H15N3O. The third kappa shape index (κ3) is 2.80. The first-order valence-electron chi connectivity index (χ1n) is 6.40. The van der Waals surface area contributed by atoms with Crippen LogP contribution in [0.1, 0.15) is 5.56 Å². The van der Waals surface area contributed by atoms with Gasteiger partial charge in [0.15, 0.2) is 0 Å². The number of nitrogens with two attached hydrogens (primary N) is 1. The Morgan fingerprint density at radius 3 is 2.50 bits per heavy atom. The first-order chi connectivity index (χ1) is 9.81. The Kier molecular flexibility index (Phi) is 3.37. The summed E-state index contributed by atoms with van der Waals surface area (Å²) < 4.78 is 7.56. The van der Waals surface area contributed by atoms with E-state index in [2.05, 4.69) is 5.10 Å². The number of aromatic nitrogens is 2. The Balaban J connectivity index is 1.78. The number of nitrogens with zero attached hydrogens (tertiary/aromatic N) is 2. The van der Waals surface area contributed by atoms with Gasteiger partial charge in [-0.25, -0.2) is 4.68 Å². The molecule has 3 rings (SSSR count). The minimum atomic E-state index is 0.630. The molecule has 0 aliphatic carbocycles. The molecule has 100 valence electrons. The van der Waals surface area contributed by atoms with Gasteiger partial charge >= 0.3 is 0 Å². The van der Waals surface area contributed by atoms with Crippen molar-refractivity contribution in [3.05, 3.63) is 72.4 Å². The van der Waals surface area contributed by atoms with Crippen LogP contribution < -0.4 is 10.5 Å². The highest BCUT2D eigenvalue weighted by molar-refractivity contribution is 5.35. The van der Waals surface area contributed by atoms with Gasteiger partial charge in [0, 0.05) is 0 Å². The molecule has 0 aliphatic heterocycles. The highest BCUT2D eigenvalue weighted by Crippen LogP contribution is 2.22. The molecule has 0 radical (unpaired) electrons. The average Bonchev–Trinajstić information content (AvgIpc) is 2.86. The molecule has 4 nitrogen and oxygen atoms in total. The minimum Gasteiger partial charge on any atom is -0.457 e. The van der Waals surface area contributed by atoms with E-state index in [0.717, 1.165) is 17.1 Å². The summed E-state index contributed by atoms with van der Waals surface area (Å²) in [5.41, 5.74) is 6.91. The molecule has 0 amide bonds. The Hall–Kier alpha value is -2.75. The molecular weight excluding hydrogens is 250 g/mol. The molecule has 1 aromatic heterocycles. The molecule has 0 spiro atoms. The molecule has 2 N–H and O–H groups in total. The maximum atomic E-state index is 5.82. The third-order valence-corrected chi connectivity index (χ3v) is 2.96. The summed E-state index contributed by atoms with van der Waals surface area (Å²) in [6.45, 7) is 0.630. The Morgan fingerprint density at radius 1 is 0.950 bits per heavy atom. The smallest absolute Gasteiger partial charge is 0.127 e. The zero-order chi connectivity index (χ0) is 13.8. The van der Waals surface area contributed by atoms with Crippen LogP contribution in [0.15, 0.2) is 66.9 Å². The van der Waals surface area contributed by atoms with Gasteiger partial charge in [-0.1, -0.05) is 30.3 Å². The van der Waals surface area contributed by atoms with Crippen molar-refractivity contribution in [3.63, 3.8) is 0 Å². The minimum absolute atomic E-state index is 0.630. The molecule has 0 unspecified atom stereocenters. The van der Waals surface area contributed by atoms with Gasteiger partial charge < -0.3 is 10.5 Å². The van der Waals surface area contributed by atoms with Crippen LogP contribution in [0.2, 0.25) is 0 Å². The van der Waals surface area contributed by atoms with E-state index in [4.69, 9.17) is 10.5 Å². The number of benzene rings is 2. The second-order valence-corrected chi connectivity index (χ2v) is 4.48. The maximum absolute atomic E-state index is 5.82. The SMILES string of the molecule is Nc1ccnn1Cc1cccc(Oc2ccccc2)c1. The standard InChI is InChI=1S/C16H15N3O/c17-16-9-10-18-19(16)12-13-5-4-8-15(11-13)20-14-6-2-1-3-7-14/h1-11H,12,17H2. The zero-order valence-corrected chi connectivity index (χ0v) is 10.9. The molecule has 0 saturated carbocycles. The Bertz CT molecular complexity index is 692. The topological polar surface area (TPSA) is 53.1 Å². The van der Waals surface area contributed by atoms with E-state index in [-0.39, 0.29) is 0 Å². The van der Waals surface area contributed by atoms with Crippen LogP contribution in [-0.2, 0) is 6.54 Å². The molecule has 20 heavy (non-hydrogen) atoms. The van der Waals surface area contributed by atoms with Gasteiger partial charge in [-0.05, 0) is 35.9 Å². The molecule has 0 saturated heterocycles. The van der Waals surface area contributed by atoms with Gasteiger partial charge in [-0.15, -0.1) is 0 Å². The highest BCUT2D eigenvalue weighted by atomic mass is 16.5. The summed E-state index contributed by atoms with van der Waals surface area (Å²) in [5, 5.41) is 4.18. The third-order valence-electron chi connectivity index (χ3n) is 2.96. The van der Waals surface area contributed by atoms with Crippen LogP contribution in [0, 0.1) is 0 Å². The molecule has 1 heterocycles. The Morgan fingerprint density at radius 2 is 1.75 bits per heavy atom. The van der Waals surface area contributed by atoms with Gasteiger partial charge in [0.05, 0.1) is 12.7 Å². The van der Waals surface area contributed by atoms with Crippen molar-refractivity contribution in [2.75, 3.05) is 5.73 Å². The summed E-state index contributed by atoms with van der Waals surface area (Å²) in [5.74, 6) is 2.28. The molecule has 2 aromatic carbocycles. The van der Waals surface area contributed by atoms with E-state index >= 15 is 0 Å². The summed E-state index contributed by atoms with van der Waals surface area (Å²) in [6, 6.07) is 19.4. The van der Waals surface area contributed by atoms with Crippen molar-refractivity contribution in [2.45, 2.75) is 6.54 Å². The van der Waals surface area contributed by atoms with Crippen molar-refractivity contribution >= 4 is 5.82 Å². The quantitative estimate of drug-likeness (QED) is 0.787. The van der Waals surface area contributed by atoms with Crippen LogP contribution in [0.4, 0.5) is 5.82 Å².